The van der Waals surface area contributed by atoms with Gasteiger partial charge in [-0.05, 0) is 62.9 Å². The lowest BCUT2D eigenvalue weighted by atomic mass is 9.97. The number of benzene rings is 1. The number of rotatable bonds is 3. The minimum absolute atomic E-state index is 0.160. The maximum absolute atomic E-state index is 12.5. The van der Waals surface area contributed by atoms with Crippen LogP contribution in [0.2, 0.25) is 0 Å². The molecule has 2 unspecified atom stereocenters. The smallest absolute Gasteiger partial charge is 0.181 e. The Balaban J connectivity index is 2.55. The van der Waals surface area contributed by atoms with Gasteiger partial charge in [-0.25, -0.2) is 8.42 Å². The number of aryl methyl sites for hydroxylation is 2. The van der Waals surface area contributed by atoms with E-state index >= 15 is 0 Å². The molecule has 1 aliphatic rings. The van der Waals surface area contributed by atoms with Crippen LogP contribution in [0.5, 0.6) is 0 Å². The van der Waals surface area contributed by atoms with E-state index in [-0.39, 0.29) is 11.3 Å². The Morgan fingerprint density at radius 2 is 1.89 bits per heavy atom. The van der Waals surface area contributed by atoms with Crippen molar-refractivity contribution in [1.29, 1.82) is 0 Å². The van der Waals surface area contributed by atoms with E-state index in [2.05, 4.69) is 12.2 Å². The van der Waals surface area contributed by atoms with Gasteiger partial charge in [0.2, 0.25) is 0 Å². The number of sulfone groups is 1. The molecule has 0 fully saturated rings. The van der Waals surface area contributed by atoms with Gasteiger partial charge in [0.15, 0.2) is 9.84 Å². The van der Waals surface area contributed by atoms with Gasteiger partial charge in [-0.15, -0.1) is 0 Å². The molecular formula is C15H23NO2S. The minimum Gasteiger partial charge on any atom is -0.310 e. The lowest BCUT2D eigenvalue weighted by molar-refractivity contribution is 0.463. The highest BCUT2D eigenvalue weighted by Gasteiger charge is 2.36. The van der Waals surface area contributed by atoms with Gasteiger partial charge in [0.1, 0.15) is 0 Å². The normalized spacial score (nSPS) is 25.1. The highest BCUT2D eigenvalue weighted by molar-refractivity contribution is 7.92. The average Bonchev–Trinajstić information content (AvgIpc) is 2.35. The first-order valence-electron chi connectivity index (χ1n) is 6.96. The zero-order chi connectivity index (χ0) is 14.2. The monoisotopic (exact) mass is 281 g/mol. The van der Waals surface area contributed by atoms with Gasteiger partial charge < -0.3 is 5.32 Å². The van der Waals surface area contributed by atoms with Gasteiger partial charge in [0.25, 0.3) is 0 Å². The van der Waals surface area contributed by atoms with Crippen molar-refractivity contribution < 1.29 is 8.42 Å². The van der Waals surface area contributed by atoms with Crippen molar-refractivity contribution in [2.24, 2.45) is 0 Å². The summed E-state index contributed by atoms with van der Waals surface area (Å²) < 4.78 is 24.9. The van der Waals surface area contributed by atoms with Crippen molar-refractivity contribution in [3.05, 3.63) is 28.8 Å². The molecule has 3 nitrogen and oxygen atoms in total. The van der Waals surface area contributed by atoms with Crippen molar-refractivity contribution >= 4 is 9.84 Å². The van der Waals surface area contributed by atoms with Gasteiger partial charge >= 0.3 is 0 Å². The number of nitrogens with one attached hydrogen (secondary N) is 1. The van der Waals surface area contributed by atoms with Crippen LogP contribution in [-0.2, 0) is 9.84 Å². The summed E-state index contributed by atoms with van der Waals surface area (Å²) in [6, 6.07) is 4.05. The van der Waals surface area contributed by atoms with Crippen LogP contribution in [0, 0.1) is 13.8 Å². The molecular weight excluding hydrogens is 258 g/mol. The van der Waals surface area contributed by atoms with E-state index in [0.717, 1.165) is 29.7 Å². The molecule has 0 spiro atoms. The van der Waals surface area contributed by atoms with Crippen LogP contribution in [0.25, 0.3) is 0 Å². The molecule has 0 radical (unpaired) electrons. The zero-order valence-electron chi connectivity index (χ0n) is 12.2. The third-order valence-corrected chi connectivity index (χ3v) is 6.26. The standard InChI is InChI=1S/C15H23NO2S/c1-5-6-16-14-9-12(4)19(17,18)15-8-11(3)10(2)7-13(14)15/h7-8,12,14,16H,5-6,9H2,1-4H3. The summed E-state index contributed by atoms with van der Waals surface area (Å²) in [5.74, 6) is 0. The maximum Gasteiger partial charge on any atom is 0.181 e. The molecule has 0 aliphatic carbocycles. The van der Waals surface area contributed by atoms with E-state index in [9.17, 15) is 8.42 Å². The molecule has 2 atom stereocenters. The lowest BCUT2D eigenvalue weighted by Crippen LogP contribution is -2.35. The molecule has 4 heteroatoms. The summed E-state index contributed by atoms with van der Waals surface area (Å²) in [7, 11) is -3.16. The molecule has 1 N–H and O–H groups in total. The van der Waals surface area contributed by atoms with E-state index in [1.165, 1.54) is 0 Å². The predicted octanol–water partition coefficient (Wildman–Crippen LogP) is 2.91. The summed E-state index contributed by atoms with van der Waals surface area (Å²) in [5, 5.41) is 3.17. The van der Waals surface area contributed by atoms with Crippen LogP contribution in [-0.4, -0.2) is 20.2 Å². The fraction of sp³-hybridized carbons (Fsp3) is 0.600. The Hall–Kier alpha value is -0.870. The third kappa shape index (κ3) is 2.56. The first-order chi connectivity index (χ1) is 8.87. The van der Waals surface area contributed by atoms with Crippen LogP contribution >= 0.6 is 0 Å². The number of fused-ring (bicyclic) bond motifs is 1. The highest BCUT2D eigenvalue weighted by Crippen LogP contribution is 2.37. The van der Waals surface area contributed by atoms with E-state index < -0.39 is 9.84 Å². The first kappa shape index (κ1) is 14.5. The molecule has 0 saturated heterocycles. The third-order valence-electron chi connectivity index (χ3n) is 4.05. The summed E-state index contributed by atoms with van der Waals surface area (Å²) >= 11 is 0. The molecule has 2 rings (SSSR count). The molecule has 1 aromatic carbocycles. The second-order valence-corrected chi connectivity index (χ2v) is 7.91. The first-order valence-corrected chi connectivity index (χ1v) is 8.51. The summed E-state index contributed by atoms with van der Waals surface area (Å²) in [4.78, 5) is 0.531. The summed E-state index contributed by atoms with van der Waals surface area (Å²) in [6.45, 7) is 8.87. The van der Waals surface area contributed by atoms with E-state index in [1.54, 1.807) is 0 Å². The lowest BCUT2D eigenvalue weighted by Gasteiger charge is -2.31. The van der Waals surface area contributed by atoms with Crippen LogP contribution in [0.4, 0.5) is 0 Å². The van der Waals surface area contributed by atoms with Crippen LogP contribution < -0.4 is 5.32 Å². The van der Waals surface area contributed by atoms with Crippen LogP contribution in [0.15, 0.2) is 17.0 Å². The fourth-order valence-electron chi connectivity index (χ4n) is 2.64. The molecule has 0 amide bonds. The highest BCUT2D eigenvalue weighted by atomic mass is 32.2. The van der Waals surface area contributed by atoms with E-state index in [1.807, 2.05) is 32.9 Å². The zero-order valence-corrected chi connectivity index (χ0v) is 13.0. The molecule has 0 aromatic heterocycles. The van der Waals surface area contributed by atoms with Gasteiger partial charge in [-0.2, -0.15) is 0 Å². The Bertz CT molecular complexity index is 578. The molecule has 1 aromatic rings. The second kappa shape index (κ2) is 5.25. The number of hydrogen-bond donors (Lipinski definition) is 1. The van der Waals surface area contributed by atoms with Crippen LogP contribution in [0.1, 0.15) is 49.4 Å². The Morgan fingerprint density at radius 3 is 2.53 bits per heavy atom. The largest absolute Gasteiger partial charge is 0.310 e. The Labute approximate surface area is 116 Å². The van der Waals surface area contributed by atoms with E-state index in [4.69, 9.17) is 0 Å². The Morgan fingerprint density at radius 1 is 1.26 bits per heavy atom. The molecule has 1 aliphatic heterocycles. The van der Waals surface area contributed by atoms with Gasteiger partial charge in [0.05, 0.1) is 10.1 Å². The van der Waals surface area contributed by atoms with Crippen molar-refractivity contribution in [2.45, 2.75) is 56.7 Å². The summed E-state index contributed by atoms with van der Waals surface area (Å²) in [6.07, 6.45) is 1.72. The second-order valence-electron chi connectivity index (χ2n) is 5.57. The molecule has 1 heterocycles. The van der Waals surface area contributed by atoms with Gasteiger partial charge in [0, 0.05) is 6.04 Å². The quantitative estimate of drug-likeness (QED) is 0.926. The molecule has 106 valence electrons. The predicted molar refractivity (Wildman–Crippen MR) is 78.2 cm³/mol. The molecule has 0 saturated carbocycles. The average molecular weight is 281 g/mol. The van der Waals surface area contributed by atoms with Gasteiger partial charge in [-0.1, -0.05) is 13.0 Å². The molecule has 19 heavy (non-hydrogen) atoms. The topological polar surface area (TPSA) is 46.2 Å². The van der Waals surface area contributed by atoms with Gasteiger partial charge in [-0.3, -0.25) is 0 Å². The SMILES string of the molecule is CCCNC1CC(C)S(=O)(=O)c2cc(C)c(C)cc21. The van der Waals surface area contributed by atoms with Crippen molar-refractivity contribution in [1.82, 2.24) is 5.32 Å². The van der Waals surface area contributed by atoms with Crippen molar-refractivity contribution in [3.63, 3.8) is 0 Å². The van der Waals surface area contributed by atoms with Crippen LogP contribution in [0.3, 0.4) is 0 Å². The number of hydrogen-bond acceptors (Lipinski definition) is 3. The van der Waals surface area contributed by atoms with Crippen molar-refractivity contribution in [3.8, 4) is 0 Å². The maximum atomic E-state index is 12.5. The Kier molecular flexibility index (Phi) is 4.02. The van der Waals surface area contributed by atoms with E-state index in [0.29, 0.717) is 11.3 Å². The summed E-state index contributed by atoms with van der Waals surface area (Å²) in [5.41, 5.74) is 3.16. The van der Waals surface area contributed by atoms with Crippen molar-refractivity contribution in [2.75, 3.05) is 6.54 Å². The fourth-order valence-corrected chi connectivity index (χ4v) is 4.39. The minimum atomic E-state index is -3.16. The molecule has 0 bridgehead atoms.